The topological polar surface area (TPSA) is 30.0 Å². The summed E-state index contributed by atoms with van der Waals surface area (Å²) >= 11 is 0. The molecule has 1 fully saturated rings. The smallest absolute Gasteiger partial charge is 0.133 e. The first kappa shape index (κ1) is 8.42. The number of hydrogen-bond acceptors (Lipinski definition) is 2. The zero-order chi connectivity index (χ0) is 9.10. The van der Waals surface area contributed by atoms with E-state index >= 15 is 0 Å². The summed E-state index contributed by atoms with van der Waals surface area (Å²) in [6.07, 6.45) is 7.30. The van der Waals surface area contributed by atoms with Gasteiger partial charge in [0.15, 0.2) is 0 Å². The lowest BCUT2D eigenvalue weighted by Gasteiger charge is -2.20. The van der Waals surface area contributed by atoms with Crippen LogP contribution in [0.4, 0.5) is 0 Å². The Bertz CT molecular complexity index is 294. The van der Waals surface area contributed by atoms with Gasteiger partial charge in [0.25, 0.3) is 0 Å². The maximum absolute atomic E-state index is 11.2. The zero-order valence-electron chi connectivity index (χ0n) is 7.57. The maximum Gasteiger partial charge on any atom is 0.133 e. The van der Waals surface area contributed by atoms with E-state index in [1.165, 1.54) is 5.56 Å². The number of hydrogen-bond donors (Lipinski definition) is 0. The van der Waals surface area contributed by atoms with E-state index in [9.17, 15) is 4.79 Å². The molecule has 0 unspecified atom stereocenters. The first-order valence-corrected chi connectivity index (χ1v) is 4.78. The van der Waals surface area contributed by atoms with Gasteiger partial charge in [0.2, 0.25) is 0 Å². The summed E-state index contributed by atoms with van der Waals surface area (Å²) in [5, 5.41) is 0. The van der Waals surface area contributed by atoms with Crippen molar-refractivity contribution in [2.75, 3.05) is 0 Å². The van der Waals surface area contributed by atoms with E-state index in [-0.39, 0.29) is 0 Å². The quantitative estimate of drug-likeness (QED) is 0.655. The molecule has 1 aliphatic rings. The van der Waals surface area contributed by atoms with Gasteiger partial charge in [-0.2, -0.15) is 0 Å². The fourth-order valence-electron chi connectivity index (χ4n) is 1.94. The average molecular weight is 175 g/mol. The van der Waals surface area contributed by atoms with Crippen LogP contribution in [0.25, 0.3) is 0 Å². The Labute approximate surface area is 78.0 Å². The van der Waals surface area contributed by atoms with Gasteiger partial charge >= 0.3 is 0 Å². The van der Waals surface area contributed by atoms with Gasteiger partial charge in [-0.15, -0.1) is 0 Å². The molecule has 0 aliphatic heterocycles. The highest BCUT2D eigenvalue weighted by atomic mass is 16.1. The fourth-order valence-corrected chi connectivity index (χ4v) is 1.94. The minimum atomic E-state index is 0.410. The first-order valence-electron chi connectivity index (χ1n) is 4.78. The Kier molecular flexibility index (Phi) is 2.39. The molecule has 13 heavy (non-hydrogen) atoms. The predicted molar refractivity (Wildman–Crippen MR) is 50.5 cm³/mol. The second-order valence-corrected chi connectivity index (χ2v) is 3.61. The Morgan fingerprint density at radius 3 is 2.77 bits per heavy atom. The number of rotatable bonds is 1. The highest BCUT2D eigenvalue weighted by Crippen LogP contribution is 2.30. The molecule has 1 aromatic rings. The lowest BCUT2D eigenvalue weighted by atomic mass is 9.84. The van der Waals surface area contributed by atoms with E-state index in [0.717, 1.165) is 25.7 Å². The second-order valence-electron chi connectivity index (χ2n) is 3.61. The third kappa shape index (κ3) is 1.94. The molecule has 1 aromatic heterocycles. The first-order chi connectivity index (χ1) is 6.36. The molecule has 0 amide bonds. The van der Waals surface area contributed by atoms with Crippen LogP contribution in [0.2, 0.25) is 0 Å². The van der Waals surface area contributed by atoms with Gasteiger partial charge in [-0.1, -0.05) is 0 Å². The highest BCUT2D eigenvalue weighted by molar-refractivity contribution is 5.80. The molecular weight excluding hydrogens is 162 g/mol. The standard InChI is InChI=1S/C11H13NO/c13-11-3-1-2-10(8-11)9-4-6-12-7-5-9/h4-7,10H,1-3,8H2/t10-/m1/s1. The van der Waals surface area contributed by atoms with Crippen LogP contribution in [0.3, 0.4) is 0 Å². The van der Waals surface area contributed by atoms with Gasteiger partial charge in [-0.25, -0.2) is 0 Å². The lowest BCUT2D eigenvalue weighted by molar-refractivity contribution is -0.120. The van der Waals surface area contributed by atoms with Crippen molar-refractivity contribution in [3.8, 4) is 0 Å². The summed E-state index contributed by atoms with van der Waals surface area (Å²) in [5.41, 5.74) is 1.27. The SMILES string of the molecule is O=C1CCC[C@@H](c2ccncc2)C1. The van der Waals surface area contributed by atoms with Crippen LogP contribution in [0.1, 0.15) is 37.2 Å². The fraction of sp³-hybridized carbons (Fsp3) is 0.455. The van der Waals surface area contributed by atoms with Gasteiger partial charge in [0, 0.05) is 25.2 Å². The Morgan fingerprint density at radius 1 is 1.31 bits per heavy atom. The van der Waals surface area contributed by atoms with Crippen molar-refractivity contribution in [1.29, 1.82) is 0 Å². The molecule has 2 heteroatoms. The van der Waals surface area contributed by atoms with E-state index in [4.69, 9.17) is 0 Å². The summed E-state index contributed by atoms with van der Waals surface area (Å²) in [5.74, 6) is 0.859. The number of carbonyl (C=O) groups is 1. The summed E-state index contributed by atoms with van der Waals surface area (Å²) in [4.78, 5) is 15.2. The molecule has 0 bridgehead atoms. The van der Waals surface area contributed by atoms with E-state index in [0.29, 0.717) is 11.7 Å². The zero-order valence-corrected chi connectivity index (χ0v) is 7.57. The molecule has 1 aliphatic carbocycles. The minimum absolute atomic E-state index is 0.410. The molecule has 68 valence electrons. The number of pyridine rings is 1. The maximum atomic E-state index is 11.2. The Hall–Kier alpha value is -1.18. The van der Waals surface area contributed by atoms with Crippen molar-refractivity contribution in [1.82, 2.24) is 4.98 Å². The third-order valence-electron chi connectivity index (χ3n) is 2.66. The number of ketones is 1. The Balaban J connectivity index is 2.13. The van der Waals surface area contributed by atoms with Crippen molar-refractivity contribution in [3.05, 3.63) is 30.1 Å². The molecular formula is C11H13NO. The van der Waals surface area contributed by atoms with Gasteiger partial charge in [0.05, 0.1) is 0 Å². The predicted octanol–water partition coefficient (Wildman–Crippen LogP) is 2.31. The highest BCUT2D eigenvalue weighted by Gasteiger charge is 2.20. The molecule has 0 aromatic carbocycles. The molecule has 0 radical (unpaired) electrons. The van der Waals surface area contributed by atoms with Gasteiger partial charge in [-0.05, 0) is 36.5 Å². The van der Waals surface area contributed by atoms with Gasteiger partial charge < -0.3 is 0 Å². The van der Waals surface area contributed by atoms with Crippen molar-refractivity contribution >= 4 is 5.78 Å². The molecule has 1 saturated carbocycles. The van der Waals surface area contributed by atoms with Gasteiger partial charge in [0.1, 0.15) is 5.78 Å². The monoisotopic (exact) mass is 175 g/mol. The van der Waals surface area contributed by atoms with Crippen LogP contribution in [0.15, 0.2) is 24.5 Å². The van der Waals surface area contributed by atoms with Crippen LogP contribution in [0, 0.1) is 0 Å². The molecule has 1 atom stereocenters. The van der Waals surface area contributed by atoms with Crippen molar-refractivity contribution in [2.24, 2.45) is 0 Å². The third-order valence-corrected chi connectivity index (χ3v) is 2.66. The normalized spacial score (nSPS) is 23.1. The summed E-state index contributed by atoms with van der Waals surface area (Å²) in [6, 6.07) is 4.03. The minimum Gasteiger partial charge on any atom is -0.300 e. The lowest BCUT2D eigenvalue weighted by Crippen LogP contribution is -2.13. The summed E-state index contributed by atoms with van der Waals surface area (Å²) in [7, 11) is 0. The molecule has 1 heterocycles. The number of carbonyl (C=O) groups excluding carboxylic acids is 1. The summed E-state index contributed by atoms with van der Waals surface area (Å²) in [6.45, 7) is 0. The molecule has 0 N–H and O–H groups in total. The molecule has 0 spiro atoms. The van der Waals surface area contributed by atoms with E-state index in [2.05, 4.69) is 4.98 Å². The van der Waals surface area contributed by atoms with Crippen molar-refractivity contribution in [2.45, 2.75) is 31.6 Å². The molecule has 0 saturated heterocycles. The molecule has 2 nitrogen and oxygen atoms in total. The number of aromatic nitrogens is 1. The van der Waals surface area contributed by atoms with E-state index in [1.54, 1.807) is 12.4 Å². The van der Waals surface area contributed by atoms with Gasteiger partial charge in [-0.3, -0.25) is 9.78 Å². The van der Waals surface area contributed by atoms with Crippen LogP contribution >= 0.6 is 0 Å². The summed E-state index contributed by atoms with van der Waals surface area (Å²) < 4.78 is 0. The van der Waals surface area contributed by atoms with Crippen molar-refractivity contribution in [3.63, 3.8) is 0 Å². The number of Topliss-reactive ketones (excluding diaryl/α,β-unsaturated/α-hetero) is 1. The van der Waals surface area contributed by atoms with Crippen LogP contribution < -0.4 is 0 Å². The average Bonchev–Trinajstić information content (AvgIpc) is 2.19. The van der Waals surface area contributed by atoms with Crippen molar-refractivity contribution < 1.29 is 4.79 Å². The van der Waals surface area contributed by atoms with Crippen LogP contribution in [0.5, 0.6) is 0 Å². The second kappa shape index (κ2) is 3.69. The largest absolute Gasteiger partial charge is 0.300 e. The Morgan fingerprint density at radius 2 is 2.08 bits per heavy atom. The van der Waals surface area contributed by atoms with E-state index < -0.39 is 0 Å². The molecule has 2 rings (SSSR count). The number of nitrogens with zero attached hydrogens (tertiary/aromatic N) is 1. The van der Waals surface area contributed by atoms with E-state index in [1.807, 2.05) is 12.1 Å². The van der Waals surface area contributed by atoms with Crippen LogP contribution in [-0.2, 0) is 4.79 Å². The van der Waals surface area contributed by atoms with Crippen LogP contribution in [-0.4, -0.2) is 10.8 Å².